The molecule has 7 nitrogen and oxygen atoms in total. The second-order valence-electron chi connectivity index (χ2n) is 9.98. The maximum absolute atomic E-state index is 13.0. The van der Waals surface area contributed by atoms with E-state index in [1.807, 2.05) is 44.3 Å². The highest BCUT2D eigenvalue weighted by atomic mass is 32.2. The molecule has 4 rings (SSSR count). The number of amides is 2. The lowest BCUT2D eigenvalue weighted by Gasteiger charge is -2.30. The molecule has 8 heteroatoms. The van der Waals surface area contributed by atoms with Gasteiger partial charge in [0.1, 0.15) is 0 Å². The quantitative estimate of drug-likeness (QED) is 0.632. The zero-order valence-corrected chi connectivity index (χ0v) is 21.6. The smallest absolute Gasteiger partial charge is 0.240 e. The molecule has 0 aromatic heterocycles. The summed E-state index contributed by atoms with van der Waals surface area (Å²) in [6.07, 6.45) is 3.86. The van der Waals surface area contributed by atoms with Crippen molar-refractivity contribution in [2.24, 2.45) is 11.8 Å². The number of anilines is 1. The Morgan fingerprint density at radius 1 is 1.06 bits per heavy atom. The predicted molar refractivity (Wildman–Crippen MR) is 136 cm³/mol. The normalized spacial score (nSPS) is 22.0. The first kappa shape index (κ1) is 25.4. The van der Waals surface area contributed by atoms with Crippen LogP contribution in [0.1, 0.15) is 50.7 Å². The van der Waals surface area contributed by atoms with Crippen LogP contribution in [-0.4, -0.2) is 44.8 Å². The zero-order valence-electron chi connectivity index (χ0n) is 20.7. The van der Waals surface area contributed by atoms with E-state index in [1.54, 1.807) is 28.0 Å². The SMILES string of the molecule is CC(=O)N1c2ccc(S(=O)(=O)NCC3CCC(C(=O)N(C)Cc4ccccc4)CC3)cc2C[C@H]1C. The predicted octanol–water partition coefficient (Wildman–Crippen LogP) is 3.73. The molecule has 35 heavy (non-hydrogen) atoms. The number of carbonyl (C=O) groups is 2. The molecule has 2 aliphatic rings. The summed E-state index contributed by atoms with van der Waals surface area (Å²) >= 11 is 0. The van der Waals surface area contributed by atoms with Gasteiger partial charge in [0.2, 0.25) is 21.8 Å². The van der Waals surface area contributed by atoms with E-state index in [0.29, 0.717) is 19.5 Å². The van der Waals surface area contributed by atoms with Gasteiger partial charge < -0.3 is 9.80 Å². The third-order valence-electron chi connectivity index (χ3n) is 7.31. The van der Waals surface area contributed by atoms with Crippen molar-refractivity contribution in [2.45, 2.75) is 63.4 Å². The van der Waals surface area contributed by atoms with E-state index in [-0.39, 0.29) is 34.6 Å². The molecule has 188 valence electrons. The summed E-state index contributed by atoms with van der Waals surface area (Å²) in [5.74, 6) is 0.348. The van der Waals surface area contributed by atoms with Crippen molar-refractivity contribution in [2.75, 3.05) is 18.5 Å². The van der Waals surface area contributed by atoms with E-state index in [0.717, 1.165) is 42.5 Å². The van der Waals surface area contributed by atoms with Crippen molar-refractivity contribution < 1.29 is 18.0 Å². The number of hydrogen-bond acceptors (Lipinski definition) is 4. The Morgan fingerprint density at radius 2 is 1.74 bits per heavy atom. The Morgan fingerprint density at radius 3 is 2.40 bits per heavy atom. The Balaban J connectivity index is 1.29. The monoisotopic (exact) mass is 497 g/mol. The first-order chi connectivity index (χ1) is 16.7. The Bertz CT molecular complexity index is 1170. The third kappa shape index (κ3) is 5.76. The van der Waals surface area contributed by atoms with Crippen molar-refractivity contribution in [1.29, 1.82) is 0 Å². The van der Waals surface area contributed by atoms with E-state index in [2.05, 4.69) is 4.72 Å². The molecule has 1 atom stereocenters. The van der Waals surface area contributed by atoms with E-state index in [4.69, 9.17) is 0 Å². The molecule has 1 N–H and O–H groups in total. The van der Waals surface area contributed by atoms with Gasteiger partial charge in [0.05, 0.1) is 4.90 Å². The molecule has 1 fully saturated rings. The largest absolute Gasteiger partial charge is 0.341 e. The fraction of sp³-hybridized carbons (Fsp3) is 0.481. The van der Waals surface area contributed by atoms with Gasteiger partial charge in [-0.05, 0) is 74.3 Å². The van der Waals surface area contributed by atoms with Gasteiger partial charge in [-0.2, -0.15) is 0 Å². The van der Waals surface area contributed by atoms with Gasteiger partial charge in [-0.25, -0.2) is 13.1 Å². The van der Waals surface area contributed by atoms with Crippen LogP contribution in [0.2, 0.25) is 0 Å². The molecule has 0 saturated heterocycles. The molecular formula is C27H35N3O4S. The Labute approximate surface area is 208 Å². The van der Waals surface area contributed by atoms with E-state index < -0.39 is 10.0 Å². The molecule has 1 heterocycles. The molecule has 1 aliphatic heterocycles. The highest BCUT2D eigenvalue weighted by molar-refractivity contribution is 7.89. The van der Waals surface area contributed by atoms with Crippen LogP contribution in [0.15, 0.2) is 53.4 Å². The molecule has 0 spiro atoms. The van der Waals surface area contributed by atoms with E-state index in [9.17, 15) is 18.0 Å². The lowest BCUT2D eigenvalue weighted by Crippen LogP contribution is -2.37. The molecule has 2 amide bonds. The Hall–Kier alpha value is -2.71. The van der Waals surface area contributed by atoms with Crippen LogP contribution in [0, 0.1) is 11.8 Å². The van der Waals surface area contributed by atoms with Crippen LogP contribution in [0.3, 0.4) is 0 Å². The van der Waals surface area contributed by atoms with Gasteiger partial charge in [0.15, 0.2) is 0 Å². The first-order valence-corrected chi connectivity index (χ1v) is 13.9. The number of nitrogens with one attached hydrogen (secondary N) is 1. The van der Waals surface area contributed by atoms with Crippen LogP contribution < -0.4 is 9.62 Å². The van der Waals surface area contributed by atoms with Gasteiger partial charge in [0.25, 0.3) is 0 Å². The molecular weight excluding hydrogens is 462 g/mol. The summed E-state index contributed by atoms with van der Waals surface area (Å²) in [5, 5.41) is 0. The first-order valence-electron chi connectivity index (χ1n) is 12.4. The highest BCUT2D eigenvalue weighted by Crippen LogP contribution is 2.34. The molecule has 1 aliphatic carbocycles. The number of nitrogens with zero attached hydrogens (tertiary/aromatic N) is 2. The van der Waals surface area contributed by atoms with Crippen molar-refractivity contribution in [3.05, 3.63) is 59.7 Å². The molecule has 0 bridgehead atoms. The van der Waals surface area contributed by atoms with E-state index in [1.165, 1.54) is 6.92 Å². The summed E-state index contributed by atoms with van der Waals surface area (Å²) in [7, 11) is -1.79. The topological polar surface area (TPSA) is 86.8 Å². The number of sulfonamides is 1. The standard InChI is InChI=1S/C27H35N3O4S/c1-19-15-24-16-25(13-14-26(24)30(19)20(2)31)35(33,34)28-17-21-9-11-23(12-10-21)27(32)29(3)18-22-7-5-4-6-8-22/h4-8,13-14,16,19,21,23,28H,9-12,15,17-18H2,1-3H3/t19-,21?,23?/m1/s1. The Kier molecular flexibility index (Phi) is 7.62. The van der Waals surface area contributed by atoms with Crippen LogP contribution >= 0.6 is 0 Å². The minimum Gasteiger partial charge on any atom is -0.341 e. The second kappa shape index (κ2) is 10.5. The van der Waals surface area contributed by atoms with Crippen LogP contribution in [0.5, 0.6) is 0 Å². The van der Waals surface area contributed by atoms with Crippen molar-refractivity contribution in [3.8, 4) is 0 Å². The van der Waals surface area contributed by atoms with Crippen LogP contribution in [0.4, 0.5) is 5.69 Å². The van der Waals surface area contributed by atoms with Crippen LogP contribution in [-0.2, 0) is 32.6 Å². The van der Waals surface area contributed by atoms with Crippen LogP contribution in [0.25, 0.3) is 0 Å². The lowest BCUT2D eigenvalue weighted by molar-refractivity contribution is -0.136. The molecule has 2 aromatic carbocycles. The fourth-order valence-electron chi connectivity index (χ4n) is 5.43. The number of benzene rings is 2. The summed E-state index contributed by atoms with van der Waals surface area (Å²) in [6, 6.07) is 15.0. The number of hydrogen-bond donors (Lipinski definition) is 1. The van der Waals surface area contributed by atoms with E-state index >= 15 is 0 Å². The molecule has 2 aromatic rings. The van der Waals surface area contributed by atoms with Crippen molar-refractivity contribution in [3.63, 3.8) is 0 Å². The minimum absolute atomic E-state index is 0.000471. The van der Waals surface area contributed by atoms with Crippen molar-refractivity contribution in [1.82, 2.24) is 9.62 Å². The zero-order chi connectivity index (χ0) is 25.2. The summed E-state index contributed by atoms with van der Waals surface area (Å²) < 4.78 is 28.7. The highest BCUT2D eigenvalue weighted by Gasteiger charge is 2.31. The average Bonchev–Trinajstić information content (AvgIpc) is 3.18. The number of rotatable bonds is 7. The summed E-state index contributed by atoms with van der Waals surface area (Å²) in [5.41, 5.74) is 2.79. The summed E-state index contributed by atoms with van der Waals surface area (Å²) in [4.78, 5) is 28.6. The summed E-state index contributed by atoms with van der Waals surface area (Å²) in [6.45, 7) is 4.47. The van der Waals surface area contributed by atoms with Gasteiger partial charge in [0, 0.05) is 44.7 Å². The van der Waals surface area contributed by atoms with Crippen molar-refractivity contribution >= 4 is 27.5 Å². The third-order valence-corrected chi connectivity index (χ3v) is 8.73. The molecule has 0 unspecified atom stereocenters. The van der Waals surface area contributed by atoms with Gasteiger partial charge in [-0.3, -0.25) is 9.59 Å². The maximum Gasteiger partial charge on any atom is 0.240 e. The number of carbonyl (C=O) groups excluding carboxylic acids is 2. The average molecular weight is 498 g/mol. The molecule has 1 saturated carbocycles. The minimum atomic E-state index is -3.64. The van der Waals surface area contributed by atoms with Gasteiger partial charge in [-0.15, -0.1) is 0 Å². The van der Waals surface area contributed by atoms with Gasteiger partial charge in [-0.1, -0.05) is 30.3 Å². The van der Waals surface area contributed by atoms with Gasteiger partial charge >= 0.3 is 0 Å². The second-order valence-corrected chi connectivity index (χ2v) is 11.7. The fourth-order valence-corrected chi connectivity index (χ4v) is 6.59. The molecule has 0 radical (unpaired) electrons. The lowest BCUT2D eigenvalue weighted by atomic mass is 9.81. The number of fused-ring (bicyclic) bond motifs is 1. The maximum atomic E-state index is 13.0.